The molecule has 304 valence electrons. The molecule has 14 rings (SSSR count). The number of nitrogens with zero attached hydrogens (tertiary/aromatic N) is 2. The molecule has 2 heteroatoms. The number of hydrogen-bond donors (Lipinski definition) is 0. The molecule has 2 nitrogen and oxygen atoms in total. The van der Waals surface area contributed by atoms with Crippen molar-refractivity contribution < 1.29 is 0 Å². The molecular weight excluding hydrogens is 797 g/mol. The van der Waals surface area contributed by atoms with Crippen LogP contribution in [0.2, 0.25) is 0 Å². The molecule has 0 fully saturated rings. The van der Waals surface area contributed by atoms with Crippen LogP contribution in [0.25, 0.3) is 143 Å². The summed E-state index contributed by atoms with van der Waals surface area (Å²) in [5.74, 6) is 0. The van der Waals surface area contributed by atoms with Crippen molar-refractivity contribution in [3.8, 4) is 77.9 Å². The van der Waals surface area contributed by atoms with Gasteiger partial charge in [-0.15, -0.1) is 0 Å². The van der Waals surface area contributed by atoms with Crippen LogP contribution in [-0.4, -0.2) is 9.97 Å². The molecule has 1 aliphatic carbocycles. The molecule has 0 saturated heterocycles. The van der Waals surface area contributed by atoms with Gasteiger partial charge >= 0.3 is 0 Å². The molecular formula is C64H38N2. The highest BCUT2D eigenvalue weighted by atomic mass is 14.6. The van der Waals surface area contributed by atoms with Crippen LogP contribution in [0.4, 0.5) is 0 Å². The lowest BCUT2D eigenvalue weighted by Crippen LogP contribution is -1.97. The van der Waals surface area contributed by atoms with Crippen molar-refractivity contribution in [3.63, 3.8) is 0 Å². The second-order valence-corrected chi connectivity index (χ2v) is 17.7. The summed E-state index contributed by atoms with van der Waals surface area (Å²) in [6, 6.07) is 76.7. The Kier molecular flexibility index (Phi) is 8.02. The van der Waals surface area contributed by atoms with Crippen LogP contribution >= 0.6 is 0 Å². The van der Waals surface area contributed by atoms with E-state index in [9.17, 15) is 0 Å². The fourth-order valence-corrected chi connectivity index (χ4v) is 11.1. The molecule has 0 aliphatic heterocycles. The lowest BCUT2D eigenvalue weighted by Gasteiger charge is -2.23. The Morgan fingerprint density at radius 3 is 0.894 bits per heavy atom. The molecule has 66 heavy (non-hydrogen) atoms. The minimum Gasteiger partial charge on any atom is -0.264 e. The molecule has 0 spiro atoms. The van der Waals surface area contributed by atoms with Crippen molar-refractivity contribution >= 4 is 64.6 Å². The van der Waals surface area contributed by atoms with Crippen molar-refractivity contribution in [1.29, 1.82) is 0 Å². The first-order valence-corrected chi connectivity index (χ1v) is 22.7. The molecule has 13 aromatic rings. The lowest BCUT2D eigenvalue weighted by molar-refractivity contribution is 1.37. The topological polar surface area (TPSA) is 25.8 Å². The highest BCUT2D eigenvalue weighted by Crippen LogP contribution is 2.49. The van der Waals surface area contributed by atoms with E-state index >= 15 is 0 Å². The largest absolute Gasteiger partial charge is 0.264 e. The summed E-state index contributed by atoms with van der Waals surface area (Å²) in [7, 11) is 0. The maximum absolute atomic E-state index is 4.63. The van der Waals surface area contributed by atoms with Crippen LogP contribution in [0.1, 0.15) is 0 Å². The molecule has 0 atom stereocenters. The molecule has 0 amide bonds. The number of benzene rings is 11. The van der Waals surface area contributed by atoms with Crippen LogP contribution in [0, 0.1) is 0 Å². The molecule has 0 unspecified atom stereocenters. The molecule has 1 aliphatic rings. The van der Waals surface area contributed by atoms with Crippen LogP contribution in [0.15, 0.2) is 231 Å². The maximum atomic E-state index is 4.63. The van der Waals surface area contributed by atoms with E-state index in [1.165, 1.54) is 104 Å². The normalized spacial score (nSPS) is 11.9. The highest BCUT2D eigenvalue weighted by Gasteiger charge is 2.23. The summed E-state index contributed by atoms with van der Waals surface area (Å²) >= 11 is 0. The number of hydrogen-bond acceptors (Lipinski definition) is 2. The summed E-state index contributed by atoms with van der Waals surface area (Å²) < 4.78 is 0. The van der Waals surface area contributed by atoms with E-state index < -0.39 is 0 Å². The van der Waals surface area contributed by atoms with E-state index in [4.69, 9.17) is 0 Å². The fraction of sp³-hybridized carbons (Fsp3) is 0. The molecule has 2 aromatic heterocycles. The Morgan fingerprint density at radius 1 is 0.182 bits per heavy atom. The smallest absolute Gasteiger partial charge is 0.0352 e. The fourth-order valence-electron chi connectivity index (χ4n) is 11.1. The molecule has 0 N–H and O–H groups in total. The number of aromatic nitrogens is 2. The van der Waals surface area contributed by atoms with Gasteiger partial charge in [-0.1, -0.05) is 158 Å². The first kappa shape index (κ1) is 36.7. The Morgan fingerprint density at radius 2 is 0.485 bits per heavy atom. The average Bonchev–Trinajstić information content (AvgIpc) is 3.40. The SMILES string of the molecule is c1ccc2c(c1)-c1ccccc1-c1ccc(-c3cc(-c4ccc5c6ccccc6c6ccncc6c5c4)cc(-c4ccc5c6ccccc6c6ccncc6c5c4)c3)cc1-c1ccccc1-2. The molecule has 0 radical (unpaired) electrons. The first-order chi connectivity index (χ1) is 32.7. The second-order valence-electron chi connectivity index (χ2n) is 17.7. The molecule has 2 heterocycles. The van der Waals surface area contributed by atoms with E-state index in [0.717, 1.165) is 38.6 Å². The van der Waals surface area contributed by atoms with Gasteiger partial charge in [0.05, 0.1) is 0 Å². The van der Waals surface area contributed by atoms with Gasteiger partial charge in [0.2, 0.25) is 0 Å². The van der Waals surface area contributed by atoms with Crippen molar-refractivity contribution in [3.05, 3.63) is 231 Å². The van der Waals surface area contributed by atoms with Gasteiger partial charge in [-0.2, -0.15) is 0 Å². The van der Waals surface area contributed by atoms with Gasteiger partial charge in [-0.3, -0.25) is 9.97 Å². The van der Waals surface area contributed by atoms with Crippen LogP contribution in [0.5, 0.6) is 0 Å². The van der Waals surface area contributed by atoms with Crippen molar-refractivity contribution in [1.82, 2.24) is 9.97 Å². The van der Waals surface area contributed by atoms with Gasteiger partial charge in [-0.25, -0.2) is 0 Å². The third-order valence-electron chi connectivity index (χ3n) is 14.2. The summed E-state index contributed by atoms with van der Waals surface area (Å²) in [6.45, 7) is 0. The van der Waals surface area contributed by atoms with Gasteiger partial charge in [0.25, 0.3) is 0 Å². The third kappa shape index (κ3) is 5.55. The quantitative estimate of drug-likeness (QED) is 0.166. The van der Waals surface area contributed by atoms with Crippen molar-refractivity contribution in [2.75, 3.05) is 0 Å². The van der Waals surface area contributed by atoms with Crippen LogP contribution < -0.4 is 0 Å². The number of fused-ring (bicyclic) bond motifs is 20. The first-order valence-electron chi connectivity index (χ1n) is 22.7. The minimum atomic E-state index is 1.16. The minimum absolute atomic E-state index is 1.16. The average molecular weight is 835 g/mol. The Hall–Kier alpha value is -8.72. The maximum Gasteiger partial charge on any atom is 0.0352 e. The van der Waals surface area contributed by atoms with Gasteiger partial charge in [0.1, 0.15) is 0 Å². The molecule has 0 saturated carbocycles. The monoisotopic (exact) mass is 834 g/mol. The van der Waals surface area contributed by atoms with Crippen LogP contribution in [0.3, 0.4) is 0 Å². The van der Waals surface area contributed by atoms with E-state index in [-0.39, 0.29) is 0 Å². The van der Waals surface area contributed by atoms with Crippen LogP contribution in [-0.2, 0) is 0 Å². The summed E-state index contributed by atoms with van der Waals surface area (Å²) in [6.07, 6.45) is 7.87. The van der Waals surface area contributed by atoms with E-state index in [2.05, 4.69) is 216 Å². The zero-order valence-corrected chi connectivity index (χ0v) is 35.8. The molecule has 11 aromatic carbocycles. The Balaban J connectivity index is 1.03. The van der Waals surface area contributed by atoms with Gasteiger partial charge in [0, 0.05) is 35.6 Å². The zero-order valence-electron chi connectivity index (χ0n) is 35.8. The zero-order chi connectivity index (χ0) is 43.3. The van der Waals surface area contributed by atoms with Crippen molar-refractivity contribution in [2.24, 2.45) is 0 Å². The number of pyridine rings is 2. The second kappa shape index (κ2) is 14.4. The van der Waals surface area contributed by atoms with Gasteiger partial charge < -0.3 is 0 Å². The lowest BCUT2D eigenvalue weighted by atomic mass is 9.80. The Labute approximate surface area is 381 Å². The van der Waals surface area contributed by atoms with E-state index in [1.54, 1.807) is 0 Å². The summed E-state index contributed by atoms with van der Waals surface area (Å²) in [5, 5.41) is 14.6. The predicted octanol–water partition coefficient (Wildman–Crippen LogP) is 17.4. The predicted molar refractivity (Wildman–Crippen MR) is 279 cm³/mol. The third-order valence-corrected chi connectivity index (χ3v) is 14.2. The van der Waals surface area contributed by atoms with E-state index in [1.807, 2.05) is 24.8 Å². The van der Waals surface area contributed by atoms with E-state index in [0.29, 0.717) is 0 Å². The number of rotatable bonds is 3. The summed E-state index contributed by atoms with van der Waals surface area (Å²) in [5.41, 5.74) is 16.9. The highest BCUT2D eigenvalue weighted by molar-refractivity contribution is 6.27. The van der Waals surface area contributed by atoms with Gasteiger partial charge in [0.15, 0.2) is 0 Å². The Bertz CT molecular complexity index is 3930. The summed E-state index contributed by atoms with van der Waals surface area (Å²) in [4.78, 5) is 9.26. The van der Waals surface area contributed by atoms with Gasteiger partial charge in [-0.05, 0) is 180 Å². The van der Waals surface area contributed by atoms with Crippen molar-refractivity contribution in [2.45, 2.75) is 0 Å². The standard InChI is InChI=1S/C64H38N2/c1-2-12-46-45(11-1)47-13-3-4-15-49(47)55-24-21-39(34-60(55)54-20-10-9-14-48(46)54)42-31-43(40-22-25-56-50-16-5-7-18-52(50)58-27-29-65-37-63(58)61(56)35-40)33-44(32-42)41-23-26-57-51-17-6-8-19-53(51)59-28-30-66-38-64(59)62(57)36-41/h1-38H. The molecule has 0 bridgehead atoms.